The lowest BCUT2D eigenvalue weighted by Gasteiger charge is -2.10. The zero-order valence-corrected chi connectivity index (χ0v) is 12.4. The molecule has 1 heterocycles. The summed E-state index contributed by atoms with van der Waals surface area (Å²) < 4.78 is 15.7. The number of carbonyl (C=O) groups is 1. The first kappa shape index (κ1) is 15.6. The predicted molar refractivity (Wildman–Crippen MR) is 80.3 cm³/mol. The molecule has 1 aromatic heterocycles. The Bertz CT molecular complexity index is 616. The van der Waals surface area contributed by atoms with Crippen molar-refractivity contribution in [3.63, 3.8) is 0 Å². The molecule has 22 heavy (non-hydrogen) atoms. The summed E-state index contributed by atoms with van der Waals surface area (Å²) in [6.07, 6.45) is 2.94. The van der Waals surface area contributed by atoms with Gasteiger partial charge in [0.05, 0.1) is 31.8 Å². The van der Waals surface area contributed by atoms with Crippen LogP contribution in [-0.2, 0) is 4.79 Å². The van der Waals surface area contributed by atoms with Crippen molar-refractivity contribution in [3.05, 3.63) is 36.7 Å². The zero-order chi connectivity index (χ0) is 15.8. The largest absolute Gasteiger partial charge is 0.493 e. The molecule has 1 aromatic carbocycles. The molecule has 1 amide bonds. The molecular weight excluding hydrogens is 286 g/mol. The number of carbonyl (C=O) groups excluding carboxylic acids is 1. The van der Waals surface area contributed by atoms with E-state index >= 15 is 0 Å². The summed E-state index contributed by atoms with van der Waals surface area (Å²) in [4.78, 5) is 19.7. The fraction of sp³-hybridized carbons (Fsp3) is 0.267. The first-order valence-corrected chi connectivity index (χ1v) is 6.73. The van der Waals surface area contributed by atoms with E-state index in [0.717, 1.165) is 0 Å². The fourth-order valence-electron chi connectivity index (χ4n) is 1.66. The fourth-order valence-corrected chi connectivity index (χ4v) is 1.66. The highest BCUT2D eigenvalue weighted by molar-refractivity contribution is 5.91. The molecule has 0 aliphatic rings. The molecule has 0 spiro atoms. The highest BCUT2D eigenvalue weighted by Crippen LogP contribution is 2.25. The summed E-state index contributed by atoms with van der Waals surface area (Å²) in [6, 6.07) is 7.38. The van der Waals surface area contributed by atoms with Crippen LogP contribution >= 0.6 is 0 Å². The molecule has 1 N–H and O–H groups in total. The maximum atomic E-state index is 11.8. The lowest BCUT2D eigenvalue weighted by molar-refractivity contribution is -0.118. The SMILES string of the molecule is CCOc1ncc(NC(=O)COc2ccccc2OC)cn1. The minimum atomic E-state index is -0.321. The number of methoxy groups -OCH3 is 1. The number of para-hydroxylation sites is 2. The Kier molecular flexibility index (Phi) is 5.53. The number of hydrogen-bond donors (Lipinski definition) is 1. The molecule has 0 bridgehead atoms. The highest BCUT2D eigenvalue weighted by atomic mass is 16.5. The zero-order valence-electron chi connectivity index (χ0n) is 12.4. The van der Waals surface area contributed by atoms with E-state index in [1.165, 1.54) is 12.4 Å². The number of nitrogens with zero attached hydrogens (tertiary/aromatic N) is 2. The van der Waals surface area contributed by atoms with Crippen molar-refractivity contribution in [1.29, 1.82) is 0 Å². The molecule has 0 unspecified atom stereocenters. The van der Waals surface area contributed by atoms with Gasteiger partial charge >= 0.3 is 6.01 Å². The minimum absolute atomic E-state index is 0.145. The van der Waals surface area contributed by atoms with Gasteiger partial charge in [-0.1, -0.05) is 12.1 Å². The van der Waals surface area contributed by atoms with Crippen LogP contribution < -0.4 is 19.5 Å². The lowest BCUT2D eigenvalue weighted by atomic mass is 10.3. The number of rotatable bonds is 7. The van der Waals surface area contributed by atoms with E-state index in [4.69, 9.17) is 14.2 Å². The predicted octanol–water partition coefficient (Wildman–Crippen LogP) is 1.90. The average Bonchev–Trinajstić information content (AvgIpc) is 2.55. The summed E-state index contributed by atoms with van der Waals surface area (Å²) in [7, 11) is 1.54. The molecular formula is C15H17N3O4. The van der Waals surface area contributed by atoms with Crippen LogP contribution in [0.4, 0.5) is 5.69 Å². The average molecular weight is 303 g/mol. The Morgan fingerprint density at radius 1 is 1.14 bits per heavy atom. The molecule has 7 heteroatoms. The van der Waals surface area contributed by atoms with E-state index in [0.29, 0.717) is 23.8 Å². The third kappa shape index (κ3) is 4.34. The van der Waals surface area contributed by atoms with Gasteiger partial charge in [0.2, 0.25) is 0 Å². The van der Waals surface area contributed by atoms with Crippen LogP contribution in [0.5, 0.6) is 17.5 Å². The van der Waals surface area contributed by atoms with Gasteiger partial charge in [0.15, 0.2) is 18.1 Å². The molecule has 0 saturated carbocycles. The summed E-state index contributed by atoms with van der Waals surface area (Å²) >= 11 is 0. The molecule has 0 fully saturated rings. The number of hydrogen-bond acceptors (Lipinski definition) is 6. The van der Waals surface area contributed by atoms with Gasteiger partial charge in [0, 0.05) is 0 Å². The Morgan fingerprint density at radius 2 is 1.82 bits per heavy atom. The van der Waals surface area contributed by atoms with Crippen LogP contribution in [0.15, 0.2) is 36.7 Å². The van der Waals surface area contributed by atoms with E-state index < -0.39 is 0 Å². The molecule has 0 aliphatic carbocycles. The van der Waals surface area contributed by atoms with E-state index in [9.17, 15) is 4.79 Å². The summed E-state index contributed by atoms with van der Waals surface area (Å²) in [5.74, 6) is 0.751. The van der Waals surface area contributed by atoms with Gasteiger partial charge in [0.1, 0.15) is 0 Å². The van der Waals surface area contributed by atoms with Gasteiger partial charge in [-0.05, 0) is 19.1 Å². The third-order valence-corrected chi connectivity index (χ3v) is 2.61. The first-order chi connectivity index (χ1) is 10.7. The summed E-state index contributed by atoms with van der Waals surface area (Å²) in [6.45, 7) is 2.18. The molecule has 0 aliphatic heterocycles. The first-order valence-electron chi connectivity index (χ1n) is 6.73. The van der Waals surface area contributed by atoms with Gasteiger partial charge in [0.25, 0.3) is 5.91 Å². The molecule has 2 aromatic rings. The van der Waals surface area contributed by atoms with E-state index in [2.05, 4.69) is 15.3 Å². The second-order valence-electron chi connectivity index (χ2n) is 4.18. The van der Waals surface area contributed by atoms with Gasteiger partial charge in [-0.25, -0.2) is 9.97 Å². The lowest BCUT2D eigenvalue weighted by Crippen LogP contribution is -2.20. The van der Waals surface area contributed by atoms with Gasteiger partial charge < -0.3 is 19.5 Å². The van der Waals surface area contributed by atoms with E-state index in [1.807, 2.05) is 13.0 Å². The Labute approximate surface area is 128 Å². The van der Waals surface area contributed by atoms with Crippen LogP contribution in [0.1, 0.15) is 6.92 Å². The minimum Gasteiger partial charge on any atom is -0.493 e. The second kappa shape index (κ2) is 7.82. The number of aromatic nitrogens is 2. The van der Waals surface area contributed by atoms with Crippen LogP contribution in [0.3, 0.4) is 0 Å². The smallest absolute Gasteiger partial charge is 0.316 e. The van der Waals surface area contributed by atoms with Crippen LogP contribution in [-0.4, -0.2) is 36.2 Å². The van der Waals surface area contributed by atoms with Crippen molar-refractivity contribution in [2.75, 3.05) is 25.6 Å². The van der Waals surface area contributed by atoms with Crippen molar-refractivity contribution in [2.24, 2.45) is 0 Å². The maximum absolute atomic E-state index is 11.8. The summed E-state index contributed by atoms with van der Waals surface area (Å²) in [5, 5.41) is 2.63. The number of nitrogens with one attached hydrogen (secondary N) is 1. The van der Waals surface area contributed by atoms with Crippen molar-refractivity contribution < 1.29 is 19.0 Å². The highest BCUT2D eigenvalue weighted by Gasteiger charge is 2.08. The van der Waals surface area contributed by atoms with Crippen LogP contribution in [0.2, 0.25) is 0 Å². The van der Waals surface area contributed by atoms with Gasteiger partial charge in [-0.15, -0.1) is 0 Å². The normalized spacial score (nSPS) is 9.91. The van der Waals surface area contributed by atoms with Crippen molar-refractivity contribution >= 4 is 11.6 Å². The number of ether oxygens (including phenoxy) is 3. The second-order valence-corrected chi connectivity index (χ2v) is 4.18. The number of benzene rings is 1. The summed E-state index contributed by atoms with van der Waals surface area (Å²) in [5.41, 5.74) is 0.470. The molecule has 0 saturated heterocycles. The number of amides is 1. The Hall–Kier alpha value is -2.83. The quantitative estimate of drug-likeness (QED) is 0.841. The number of anilines is 1. The molecule has 7 nitrogen and oxygen atoms in total. The van der Waals surface area contributed by atoms with Crippen LogP contribution in [0.25, 0.3) is 0 Å². The monoisotopic (exact) mass is 303 g/mol. The van der Waals surface area contributed by atoms with Crippen molar-refractivity contribution in [3.8, 4) is 17.5 Å². The third-order valence-electron chi connectivity index (χ3n) is 2.61. The molecule has 116 valence electrons. The Balaban J connectivity index is 1.87. The van der Waals surface area contributed by atoms with Gasteiger partial charge in [-0.3, -0.25) is 4.79 Å². The Morgan fingerprint density at radius 3 is 2.45 bits per heavy atom. The molecule has 0 atom stereocenters. The maximum Gasteiger partial charge on any atom is 0.316 e. The van der Waals surface area contributed by atoms with E-state index in [1.54, 1.807) is 25.3 Å². The standard InChI is InChI=1S/C15H17N3O4/c1-3-21-15-16-8-11(9-17-15)18-14(19)10-22-13-7-5-4-6-12(13)20-2/h4-9H,3,10H2,1-2H3,(H,18,19). The van der Waals surface area contributed by atoms with Crippen molar-refractivity contribution in [2.45, 2.75) is 6.92 Å². The van der Waals surface area contributed by atoms with Gasteiger partial charge in [-0.2, -0.15) is 0 Å². The topological polar surface area (TPSA) is 82.6 Å². The van der Waals surface area contributed by atoms with Crippen LogP contribution in [0, 0.1) is 0 Å². The van der Waals surface area contributed by atoms with Crippen molar-refractivity contribution in [1.82, 2.24) is 9.97 Å². The molecule has 0 radical (unpaired) electrons. The molecule has 2 rings (SSSR count). The van der Waals surface area contributed by atoms with E-state index in [-0.39, 0.29) is 18.5 Å².